The molecule has 1 N–H and O–H groups in total. The number of nitrogens with zero attached hydrogens (tertiary/aromatic N) is 2. The molecule has 2 spiro atoms. The van der Waals surface area contributed by atoms with Crippen molar-refractivity contribution in [2.24, 2.45) is 5.41 Å². The average molecular weight is 662 g/mol. The van der Waals surface area contributed by atoms with E-state index in [2.05, 4.69) is 15.1 Å². The molecule has 0 saturated carbocycles. The number of ether oxygens (including phenoxy) is 4. The number of nitrogens with one attached hydrogen (secondary N) is 1. The Balaban J connectivity index is 1.53. The SMILES string of the molecule is COc1ccc(/C=C2\CN(C)C[C@@]3(C2=O)[C@H](c2ccc(OC)cc2OC)[C@@H]2CSCN2[C@@]32C(=O)Nc3ccc(Cl)cc32)c(OC)c1. The van der Waals surface area contributed by atoms with Crippen LogP contribution in [0.2, 0.25) is 5.02 Å². The minimum absolute atomic E-state index is 0.0753. The number of carbonyl (C=O) groups excluding carboxylic acids is 2. The van der Waals surface area contributed by atoms with Gasteiger partial charge in [-0.1, -0.05) is 17.7 Å². The van der Waals surface area contributed by atoms with Gasteiger partial charge < -0.3 is 29.2 Å². The Hall–Kier alpha value is -3.70. The summed E-state index contributed by atoms with van der Waals surface area (Å²) in [5.41, 5.74) is 1.04. The second kappa shape index (κ2) is 11.5. The van der Waals surface area contributed by atoms with E-state index in [1.54, 1.807) is 52.3 Å². The van der Waals surface area contributed by atoms with Crippen LogP contribution in [0.5, 0.6) is 23.0 Å². The van der Waals surface area contributed by atoms with Gasteiger partial charge in [0.05, 0.1) is 33.9 Å². The molecule has 11 heteroatoms. The van der Waals surface area contributed by atoms with E-state index >= 15 is 4.79 Å². The molecule has 3 aromatic rings. The first kappa shape index (κ1) is 30.9. The summed E-state index contributed by atoms with van der Waals surface area (Å²) in [6.07, 6.45) is 1.90. The van der Waals surface area contributed by atoms with Crippen LogP contribution in [-0.2, 0) is 15.1 Å². The fraction of sp³-hybridized carbons (Fsp3) is 0.371. The van der Waals surface area contributed by atoms with E-state index in [-0.39, 0.29) is 17.7 Å². The van der Waals surface area contributed by atoms with Crippen molar-refractivity contribution in [3.05, 3.63) is 81.9 Å². The molecule has 7 rings (SSSR count). The predicted octanol–water partition coefficient (Wildman–Crippen LogP) is 5.28. The van der Waals surface area contributed by atoms with Gasteiger partial charge in [0.2, 0.25) is 0 Å². The van der Waals surface area contributed by atoms with Crippen LogP contribution in [0.3, 0.4) is 0 Å². The lowest BCUT2D eigenvalue weighted by Crippen LogP contribution is -2.65. The molecular formula is C35H36ClN3O6S. The molecule has 9 nitrogen and oxygen atoms in total. The van der Waals surface area contributed by atoms with Gasteiger partial charge in [0.25, 0.3) is 5.91 Å². The number of thioether (sulfide) groups is 1. The highest BCUT2D eigenvalue weighted by Crippen LogP contribution is 2.69. The lowest BCUT2D eigenvalue weighted by atomic mass is 9.55. The third-order valence-electron chi connectivity index (χ3n) is 10.1. The fourth-order valence-corrected chi connectivity index (χ4v) is 9.86. The first-order chi connectivity index (χ1) is 22.2. The summed E-state index contributed by atoms with van der Waals surface area (Å²) >= 11 is 8.44. The van der Waals surface area contributed by atoms with Crippen LogP contribution >= 0.6 is 23.4 Å². The fourth-order valence-electron chi connectivity index (χ4n) is 8.38. The number of piperidine rings is 1. The van der Waals surface area contributed by atoms with E-state index < -0.39 is 16.9 Å². The third kappa shape index (κ3) is 4.23. The maximum absolute atomic E-state index is 15.7. The first-order valence-corrected chi connectivity index (χ1v) is 16.6. The highest BCUT2D eigenvalue weighted by molar-refractivity contribution is 7.99. The third-order valence-corrected chi connectivity index (χ3v) is 11.3. The number of halogens is 1. The van der Waals surface area contributed by atoms with Gasteiger partial charge in [-0.3, -0.25) is 14.5 Å². The molecule has 0 unspecified atom stereocenters. The van der Waals surface area contributed by atoms with Gasteiger partial charge in [0, 0.05) is 81.8 Å². The zero-order valence-corrected chi connectivity index (χ0v) is 28.0. The summed E-state index contributed by atoms with van der Waals surface area (Å²) in [7, 11) is 8.45. The number of benzene rings is 3. The smallest absolute Gasteiger partial charge is 0.250 e. The minimum Gasteiger partial charge on any atom is -0.497 e. The summed E-state index contributed by atoms with van der Waals surface area (Å²) in [6, 6.07) is 16.6. The van der Waals surface area contributed by atoms with Crippen LogP contribution < -0.4 is 24.3 Å². The Labute approximate surface area is 277 Å². The van der Waals surface area contributed by atoms with Crippen molar-refractivity contribution in [1.82, 2.24) is 9.80 Å². The number of fused-ring (bicyclic) bond motifs is 5. The molecule has 240 valence electrons. The summed E-state index contributed by atoms with van der Waals surface area (Å²) < 4.78 is 22.7. The molecule has 4 heterocycles. The minimum atomic E-state index is -1.33. The number of amides is 1. The molecular weight excluding hydrogens is 626 g/mol. The Morgan fingerprint density at radius 1 is 0.935 bits per heavy atom. The molecule has 4 aliphatic heterocycles. The number of hydrogen-bond acceptors (Lipinski definition) is 9. The second-order valence-electron chi connectivity index (χ2n) is 12.2. The largest absolute Gasteiger partial charge is 0.497 e. The molecule has 3 aromatic carbocycles. The quantitative estimate of drug-likeness (QED) is 0.355. The normalized spacial score (nSPS) is 28.1. The van der Waals surface area contributed by atoms with Crippen molar-refractivity contribution in [3.63, 3.8) is 0 Å². The van der Waals surface area contributed by atoms with Crippen LogP contribution in [0.25, 0.3) is 6.08 Å². The van der Waals surface area contributed by atoms with E-state index in [0.717, 1.165) is 22.4 Å². The Kier molecular flexibility index (Phi) is 7.75. The molecule has 0 aliphatic carbocycles. The van der Waals surface area contributed by atoms with Gasteiger partial charge >= 0.3 is 0 Å². The monoisotopic (exact) mass is 661 g/mol. The standard InChI is InChI=1S/C35H36ClN3O6S/c1-38-16-21(12-20-6-8-23(42-2)14-29(20)44-4)32(40)34(18-38)31(25-10-9-24(43-3)15-30(25)45-5)28-17-46-19-39(28)35(34)26-13-22(36)7-11-27(26)37-33(35)41/h6-15,28,31H,16-19H2,1-5H3,(H,37,41)/b21-12+/t28-,31+,34-,35-/m0/s1. The van der Waals surface area contributed by atoms with E-state index in [9.17, 15) is 4.79 Å². The van der Waals surface area contributed by atoms with Gasteiger partial charge in [-0.25, -0.2) is 0 Å². The summed E-state index contributed by atoms with van der Waals surface area (Å²) in [4.78, 5) is 34.9. The molecule has 0 bridgehead atoms. The molecule has 3 fully saturated rings. The zero-order valence-electron chi connectivity index (χ0n) is 26.4. The average Bonchev–Trinajstić information content (AvgIpc) is 3.71. The van der Waals surface area contributed by atoms with E-state index in [1.165, 1.54) is 0 Å². The number of carbonyl (C=O) groups is 2. The molecule has 1 amide bonds. The summed E-state index contributed by atoms with van der Waals surface area (Å²) in [5.74, 6) is 3.14. The number of anilines is 1. The number of Topliss-reactive ketones (excluding diaryl/α,β-unsaturated/α-hetero) is 1. The number of likely N-dealkylation sites (N-methyl/N-ethyl adjacent to an activating group) is 1. The van der Waals surface area contributed by atoms with Crippen molar-refractivity contribution < 1.29 is 28.5 Å². The van der Waals surface area contributed by atoms with Gasteiger partial charge in [-0.2, -0.15) is 0 Å². The second-order valence-corrected chi connectivity index (χ2v) is 13.7. The van der Waals surface area contributed by atoms with Crippen molar-refractivity contribution in [2.45, 2.75) is 17.5 Å². The van der Waals surface area contributed by atoms with Crippen molar-refractivity contribution >= 4 is 46.8 Å². The molecule has 0 aromatic heterocycles. The van der Waals surface area contributed by atoms with Gasteiger partial charge in [-0.15, -0.1) is 11.8 Å². The molecule has 0 radical (unpaired) electrons. The van der Waals surface area contributed by atoms with Gasteiger partial charge in [-0.05, 0) is 49.5 Å². The number of ketones is 1. The lowest BCUT2D eigenvalue weighted by Gasteiger charge is -2.51. The highest BCUT2D eigenvalue weighted by Gasteiger charge is 2.79. The highest BCUT2D eigenvalue weighted by atomic mass is 35.5. The van der Waals surface area contributed by atoms with Crippen LogP contribution in [-0.4, -0.2) is 87.7 Å². The van der Waals surface area contributed by atoms with Crippen LogP contribution in [0, 0.1) is 5.41 Å². The van der Waals surface area contributed by atoms with Crippen LogP contribution in [0.4, 0.5) is 5.69 Å². The van der Waals surface area contributed by atoms with Crippen molar-refractivity contribution in [2.75, 3.05) is 65.5 Å². The zero-order chi connectivity index (χ0) is 32.4. The molecule has 46 heavy (non-hydrogen) atoms. The maximum Gasteiger partial charge on any atom is 0.250 e. The Morgan fingerprint density at radius 3 is 2.37 bits per heavy atom. The Morgan fingerprint density at radius 2 is 1.65 bits per heavy atom. The summed E-state index contributed by atoms with van der Waals surface area (Å²) in [6.45, 7) is 0.752. The first-order valence-electron chi connectivity index (χ1n) is 15.1. The Bertz CT molecular complexity index is 1780. The molecule has 4 aliphatic rings. The van der Waals surface area contributed by atoms with Crippen LogP contribution in [0.15, 0.2) is 60.2 Å². The number of rotatable bonds is 6. The maximum atomic E-state index is 15.7. The van der Waals surface area contributed by atoms with Gasteiger partial charge in [0.1, 0.15) is 28.5 Å². The van der Waals surface area contributed by atoms with Gasteiger partial charge in [0.15, 0.2) is 5.78 Å². The number of likely N-dealkylation sites (tertiary alicyclic amines) is 1. The van der Waals surface area contributed by atoms with E-state index in [0.29, 0.717) is 58.2 Å². The summed E-state index contributed by atoms with van der Waals surface area (Å²) in [5, 5.41) is 3.68. The topological polar surface area (TPSA) is 89.6 Å². The van der Waals surface area contributed by atoms with Crippen molar-refractivity contribution in [1.29, 1.82) is 0 Å². The molecule has 4 atom stereocenters. The molecule has 3 saturated heterocycles. The number of hydrogen-bond donors (Lipinski definition) is 1. The number of methoxy groups -OCH3 is 4. The van der Waals surface area contributed by atoms with Crippen LogP contribution in [0.1, 0.15) is 22.6 Å². The van der Waals surface area contributed by atoms with E-state index in [4.69, 9.17) is 30.5 Å². The van der Waals surface area contributed by atoms with E-state index in [1.807, 2.05) is 55.6 Å². The predicted molar refractivity (Wildman–Crippen MR) is 179 cm³/mol. The van der Waals surface area contributed by atoms with Crippen molar-refractivity contribution in [3.8, 4) is 23.0 Å². The lowest BCUT2D eigenvalue weighted by molar-refractivity contribution is -0.146.